The summed E-state index contributed by atoms with van der Waals surface area (Å²) in [6.07, 6.45) is 0. The molecule has 4 heteroatoms. The van der Waals surface area contributed by atoms with E-state index in [1.165, 1.54) is 21.5 Å². The summed E-state index contributed by atoms with van der Waals surface area (Å²) in [4.78, 5) is 2.48. The molecule has 1 nitrogen and oxygen atoms in total. The number of alkyl halides is 1. The van der Waals surface area contributed by atoms with Gasteiger partial charge in [-0.05, 0) is 33.6 Å². The van der Waals surface area contributed by atoms with E-state index in [0.717, 1.165) is 23.7 Å². The van der Waals surface area contributed by atoms with Crippen molar-refractivity contribution in [1.29, 1.82) is 0 Å². The Hall–Kier alpha value is 0.330. The molecule has 1 unspecified atom stereocenters. The number of halogens is 2. The third-order valence-electron chi connectivity index (χ3n) is 2.75. The highest BCUT2D eigenvalue weighted by Crippen LogP contribution is 2.31. The summed E-state index contributed by atoms with van der Waals surface area (Å²) in [5.74, 6) is 1.23. The number of hydrogen-bond donors (Lipinski definition) is 0. The van der Waals surface area contributed by atoms with Crippen molar-refractivity contribution in [2.24, 2.45) is 0 Å². The molecule has 0 amide bonds. The van der Waals surface area contributed by atoms with Crippen LogP contribution in [-0.4, -0.2) is 24.1 Å². The van der Waals surface area contributed by atoms with Crippen LogP contribution in [-0.2, 0) is 5.33 Å². The minimum atomic E-state index is 0.733. The average Bonchev–Trinajstić information content (AvgIpc) is 2.28. The van der Waals surface area contributed by atoms with E-state index in [2.05, 4.69) is 73.6 Å². The number of thioether (sulfide) groups is 1. The molecule has 0 spiro atoms. The van der Waals surface area contributed by atoms with E-state index in [-0.39, 0.29) is 0 Å². The van der Waals surface area contributed by atoms with Gasteiger partial charge < -0.3 is 4.90 Å². The van der Waals surface area contributed by atoms with Gasteiger partial charge in [-0.15, -0.1) is 0 Å². The summed E-state index contributed by atoms with van der Waals surface area (Å²) in [6.45, 7) is 4.61. The maximum absolute atomic E-state index is 3.67. The Kier molecular flexibility index (Phi) is 4.62. The quantitative estimate of drug-likeness (QED) is 0.720. The van der Waals surface area contributed by atoms with Gasteiger partial charge in [-0.25, -0.2) is 0 Å². The zero-order valence-corrected chi connectivity index (χ0v) is 13.2. The minimum absolute atomic E-state index is 0.733. The fourth-order valence-corrected chi connectivity index (χ4v) is 3.97. The maximum Gasteiger partial charge on any atom is 0.0511 e. The molecule has 1 heterocycles. The van der Waals surface area contributed by atoms with Crippen LogP contribution in [0.3, 0.4) is 0 Å². The molecule has 88 valence electrons. The number of benzene rings is 1. The second-order valence-corrected chi connectivity index (χ2v) is 7.01. The molecule has 1 aromatic carbocycles. The van der Waals surface area contributed by atoms with Crippen molar-refractivity contribution in [3.05, 3.63) is 28.2 Å². The molecule has 0 radical (unpaired) electrons. The third kappa shape index (κ3) is 2.96. The predicted molar refractivity (Wildman–Crippen MR) is 80.9 cm³/mol. The van der Waals surface area contributed by atoms with Crippen molar-refractivity contribution >= 4 is 49.3 Å². The van der Waals surface area contributed by atoms with Gasteiger partial charge in [0.15, 0.2) is 0 Å². The van der Waals surface area contributed by atoms with Crippen LogP contribution in [0.25, 0.3) is 0 Å². The lowest BCUT2D eigenvalue weighted by atomic mass is 10.2. The molecule has 16 heavy (non-hydrogen) atoms. The van der Waals surface area contributed by atoms with E-state index >= 15 is 0 Å². The molecule has 2 rings (SSSR count). The molecule has 0 saturated carbocycles. The lowest BCUT2D eigenvalue weighted by Crippen LogP contribution is -2.36. The first-order chi connectivity index (χ1) is 7.70. The largest absolute Gasteiger partial charge is 0.369 e. The highest BCUT2D eigenvalue weighted by molar-refractivity contribution is 9.10. The number of rotatable bonds is 2. The molecule has 0 aromatic heterocycles. The predicted octanol–water partition coefficient (Wildman–Crippen LogP) is 4.29. The fourth-order valence-electron chi connectivity index (χ4n) is 1.93. The third-order valence-corrected chi connectivity index (χ3v) is 5.17. The zero-order chi connectivity index (χ0) is 11.5. The van der Waals surface area contributed by atoms with Crippen LogP contribution < -0.4 is 4.90 Å². The van der Waals surface area contributed by atoms with Crippen molar-refractivity contribution < 1.29 is 0 Å². The first kappa shape index (κ1) is 12.8. The number of anilines is 1. The molecule has 1 aliphatic heterocycles. The molecule has 0 bridgehead atoms. The smallest absolute Gasteiger partial charge is 0.0511 e. The van der Waals surface area contributed by atoms with Crippen LogP contribution in [0.2, 0.25) is 0 Å². The molecule has 1 saturated heterocycles. The zero-order valence-electron chi connectivity index (χ0n) is 9.25. The lowest BCUT2D eigenvalue weighted by Gasteiger charge is -2.33. The Morgan fingerprint density at radius 3 is 2.94 bits per heavy atom. The van der Waals surface area contributed by atoms with Crippen LogP contribution in [0.4, 0.5) is 5.69 Å². The normalized spacial score (nSPS) is 21.2. The van der Waals surface area contributed by atoms with Gasteiger partial charge in [0.1, 0.15) is 0 Å². The molecule has 1 aliphatic rings. The second-order valence-electron chi connectivity index (χ2n) is 4.05. The van der Waals surface area contributed by atoms with Crippen LogP contribution >= 0.6 is 43.6 Å². The molecule has 0 N–H and O–H groups in total. The minimum Gasteiger partial charge on any atom is -0.369 e. The molecule has 1 atom stereocenters. The van der Waals surface area contributed by atoms with Crippen LogP contribution in [0.1, 0.15) is 12.5 Å². The van der Waals surface area contributed by atoms with Gasteiger partial charge in [0, 0.05) is 33.9 Å². The van der Waals surface area contributed by atoms with E-state index in [0.29, 0.717) is 0 Å². The van der Waals surface area contributed by atoms with Crippen LogP contribution in [0.15, 0.2) is 22.7 Å². The van der Waals surface area contributed by atoms with Gasteiger partial charge >= 0.3 is 0 Å². The second kappa shape index (κ2) is 5.78. The first-order valence-electron chi connectivity index (χ1n) is 5.41. The summed E-state index contributed by atoms with van der Waals surface area (Å²) in [5.41, 5.74) is 2.65. The highest BCUT2D eigenvalue weighted by atomic mass is 79.9. The molecule has 0 aliphatic carbocycles. The lowest BCUT2D eigenvalue weighted by molar-refractivity contribution is 0.781. The summed E-state index contributed by atoms with van der Waals surface area (Å²) in [5, 5.41) is 1.65. The van der Waals surface area contributed by atoms with Gasteiger partial charge in [0.2, 0.25) is 0 Å². The summed E-state index contributed by atoms with van der Waals surface area (Å²) in [6, 6.07) is 6.63. The van der Waals surface area contributed by atoms with Gasteiger partial charge in [0.25, 0.3) is 0 Å². The number of nitrogens with zero attached hydrogens (tertiary/aromatic N) is 1. The van der Waals surface area contributed by atoms with E-state index in [1.807, 2.05) is 0 Å². The van der Waals surface area contributed by atoms with Crippen molar-refractivity contribution in [3.63, 3.8) is 0 Å². The fraction of sp³-hybridized carbons (Fsp3) is 0.500. The molecular weight excluding hydrogens is 350 g/mol. The van der Waals surface area contributed by atoms with Gasteiger partial charge in [-0.1, -0.05) is 28.9 Å². The standard InChI is InChI=1S/C12H15Br2NS/c1-9-8-15(4-5-16-9)12-3-2-10(7-13)6-11(12)14/h2-3,6,9H,4-5,7-8H2,1H3. The van der Waals surface area contributed by atoms with Crippen molar-refractivity contribution in [2.75, 3.05) is 23.7 Å². The summed E-state index contributed by atoms with van der Waals surface area (Å²) < 4.78 is 1.21. The van der Waals surface area contributed by atoms with Crippen molar-refractivity contribution in [3.8, 4) is 0 Å². The SMILES string of the molecule is CC1CN(c2ccc(CBr)cc2Br)CCS1. The summed E-state index contributed by atoms with van der Waals surface area (Å²) >= 11 is 9.22. The Morgan fingerprint density at radius 1 is 1.50 bits per heavy atom. The average molecular weight is 365 g/mol. The molecule has 1 fully saturated rings. The Labute approximate surface area is 118 Å². The topological polar surface area (TPSA) is 3.24 Å². The van der Waals surface area contributed by atoms with Crippen LogP contribution in [0.5, 0.6) is 0 Å². The van der Waals surface area contributed by atoms with E-state index in [9.17, 15) is 0 Å². The number of hydrogen-bond acceptors (Lipinski definition) is 2. The monoisotopic (exact) mass is 363 g/mol. The van der Waals surface area contributed by atoms with Crippen molar-refractivity contribution in [1.82, 2.24) is 0 Å². The Balaban J connectivity index is 2.19. The van der Waals surface area contributed by atoms with E-state index < -0.39 is 0 Å². The molecular formula is C12H15Br2NS. The maximum atomic E-state index is 3.67. The van der Waals surface area contributed by atoms with Gasteiger partial charge in [-0.3, -0.25) is 0 Å². The van der Waals surface area contributed by atoms with E-state index in [1.54, 1.807) is 0 Å². The van der Waals surface area contributed by atoms with Crippen molar-refractivity contribution in [2.45, 2.75) is 17.5 Å². The van der Waals surface area contributed by atoms with Gasteiger partial charge in [-0.2, -0.15) is 11.8 Å². The highest BCUT2D eigenvalue weighted by Gasteiger charge is 2.18. The Morgan fingerprint density at radius 2 is 2.31 bits per heavy atom. The summed E-state index contributed by atoms with van der Waals surface area (Å²) in [7, 11) is 0. The van der Waals surface area contributed by atoms with Gasteiger partial charge in [0.05, 0.1) is 5.69 Å². The Bertz CT molecular complexity index is 370. The van der Waals surface area contributed by atoms with E-state index in [4.69, 9.17) is 0 Å². The van der Waals surface area contributed by atoms with Crippen LogP contribution in [0, 0.1) is 0 Å². The first-order valence-corrected chi connectivity index (χ1v) is 8.38. The molecule has 1 aromatic rings.